The quantitative estimate of drug-likeness (QED) is 0.447. The maximum atomic E-state index is 12.9. The zero-order chi connectivity index (χ0) is 20.0. The van der Waals surface area contributed by atoms with Crippen LogP contribution in [0.5, 0.6) is 0 Å². The van der Waals surface area contributed by atoms with Crippen molar-refractivity contribution in [3.8, 4) is 0 Å². The molecule has 0 aliphatic carbocycles. The summed E-state index contributed by atoms with van der Waals surface area (Å²) in [6.07, 6.45) is -3.19. The molecule has 0 fully saturated rings. The second-order valence-corrected chi connectivity index (χ2v) is 7.02. The smallest absolute Gasteiger partial charge is 0.368 e. The zero-order valence-corrected chi connectivity index (χ0v) is 15.6. The summed E-state index contributed by atoms with van der Waals surface area (Å²) in [6.45, 7) is 0.345. The summed E-state index contributed by atoms with van der Waals surface area (Å²) in [5, 5.41) is 7.54. The number of halogens is 3. The summed E-state index contributed by atoms with van der Waals surface area (Å²) in [5.74, 6) is -0.192. The van der Waals surface area contributed by atoms with Crippen molar-refractivity contribution in [2.75, 3.05) is 24.2 Å². The lowest BCUT2D eigenvalue weighted by atomic mass is 10.1. The zero-order valence-electron chi connectivity index (χ0n) is 14.8. The number of carbonyl (C=O) groups excluding carboxylic acids is 1. The molecule has 0 saturated carbocycles. The van der Waals surface area contributed by atoms with Gasteiger partial charge in [0, 0.05) is 24.2 Å². The Morgan fingerprint density at radius 2 is 1.79 bits per heavy atom. The van der Waals surface area contributed by atoms with Gasteiger partial charge in [0.05, 0.1) is 11.3 Å². The normalized spacial score (nSPS) is 11.4. The second-order valence-electron chi connectivity index (χ2n) is 5.97. The molecule has 0 aliphatic heterocycles. The van der Waals surface area contributed by atoms with Crippen LogP contribution in [-0.4, -0.2) is 29.7 Å². The number of fused-ring (bicyclic) bond motifs is 1. The fraction of sp³-hybridized carbons (Fsp3) is 0.200. The number of amides is 1. The molecular weight excluding hydrogens is 387 g/mol. The lowest BCUT2D eigenvalue weighted by molar-refractivity contribution is -0.137. The standard InChI is InChI=1S/C20H18F3N3OS/c21-20(22,23)17-6-3-9-25-19(17)26-11-10-24-18(27)13-28-16-8-7-14-4-1-2-5-15(14)12-16/h1-9,12H,10-11,13H2,(H,24,27)(H,25,26). The van der Waals surface area contributed by atoms with Gasteiger partial charge in [-0.3, -0.25) is 4.79 Å². The molecule has 1 amide bonds. The van der Waals surface area contributed by atoms with Crippen LogP contribution in [0, 0.1) is 0 Å². The number of alkyl halides is 3. The summed E-state index contributed by atoms with van der Waals surface area (Å²) >= 11 is 1.41. The highest BCUT2D eigenvalue weighted by atomic mass is 32.2. The van der Waals surface area contributed by atoms with E-state index in [4.69, 9.17) is 0 Å². The Balaban J connectivity index is 1.44. The largest absolute Gasteiger partial charge is 0.419 e. The number of nitrogens with one attached hydrogen (secondary N) is 2. The molecule has 3 rings (SSSR count). The molecule has 2 aromatic carbocycles. The molecular formula is C20H18F3N3OS. The van der Waals surface area contributed by atoms with E-state index in [0.717, 1.165) is 21.7 Å². The number of hydrogen-bond acceptors (Lipinski definition) is 4. The van der Waals surface area contributed by atoms with Crippen molar-refractivity contribution in [1.82, 2.24) is 10.3 Å². The van der Waals surface area contributed by atoms with Gasteiger partial charge in [0.1, 0.15) is 5.82 Å². The maximum absolute atomic E-state index is 12.9. The number of rotatable bonds is 7. The Morgan fingerprint density at radius 1 is 1.00 bits per heavy atom. The molecule has 3 aromatic rings. The fourth-order valence-corrected chi connectivity index (χ4v) is 3.39. The van der Waals surface area contributed by atoms with Gasteiger partial charge in [0.15, 0.2) is 0 Å². The van der Waals surface area contributed by atoms with Crippen LogP contribution in [0.3, 0.4) is 0 Å². The predicted molar refractivity (Wildman–Crippen MR) is 105 cm³/mol. The minimum atomic E-state index is -4.48. The third-order valence-electron chi connectivity index (χ3n) is 3.94. The summed E-state index contributed by atoms with van der Waals surface area (Å²) in [5.41, 5.74) is -0.826. The molecule has 0 spiro atoms. The monoisotopic (exact) mass is 405 g/mol. The topological polar surface area (TPSA) is 54.0 Å². The average molecular weight is 405 g/mol. The molecule has 0 bridgehead atoms. The van der Waals surface area contributed by atoms with E-state index in [1.807, 2.05) is 42.5 Å². The van der Waals surface area contributed by atoms with Crippen molar-refractivity contribution in [2.45, 2.75) is 11.1 Å². The Bertz CT molecular complexity index is 963. The molecule has 4 nitrogen and oxygen atoms in total. The van der Waals surface area contributed by atoms with Crippen LogP contribution in [0.25, 0.3) is 10.8 Å². The van der Waals surface area contributed by atoms with Crippen molar-refractivity contribution < 1.29 is 18.0 Å². The molecule has 1 heterocycles. The third kappa shape index (κ3) is 5.39. The van der Waals surface area contributed by atoms with E-state index in [2.05, 4.69) is 15.6 Å². The number of aromatic nitrogens is 1. The molecule has 2 N–H and O–H groups in total. The van der Waals surface area contributed by atoms with Gasteiger partial charge in [-0.05, 0) is 35.0 Å². The van der Waals surface area contributed by atoms with Crippen molar-refractivity contribution in [3.05, 3.63) is 66.4 Å². The second kappa shape index (κ2) is 8.97. The van der Waals surface area contributed by atoms with Crippen LogP contribution in [0.2, 0.25) is 0 Å². The number of anilines is 1. The van der Waals surface area contributed by atoms with E-state index in [9.17, 15) is 18.0 Å². The Morgan fingerprint density at radius 3 is 2.57 bits per heavy atom. The number of carbonyl (C=O) groups is 1. The Kier molecular flexibility index (Phi) is 6.41. The first-order chi connectivity index (χ1) is 13.4. The lowest BCUT2D eigenvalue weighted by Crippen LogP contribution is -2.30. The number of pyridine rings is 1. The highest BCUT2D eigenvalue weighted by molar-refractivity contribution is 8.00. The summed E-state index contributed by atoms with van der Waals surface area (Å²) in [4.78, 5) is 16.7. The van der Waals surface area contributed by atoms with Crippen molar-refractivity contribution in [3.63, 3.8) is 0 Å². The first kappa shape index (κ1) is 20.0. The van der Waals surface area contributed by atoms with Gasteiger partial charge in [-0.15, -0.1) is 11.8 Å². The fourth-order valence-electron chi connectivity index (χ4n) is 2.61. The predicted octanol–water partition coefficient (Wildman–Crippen LogP) is 4.57. The molecule has 0 aliphatic rings. The van der Waals surface area contributed by atoms with Crippen LogP contribution >= 0.6 is 11.8 Å². The van der Waals surface area contributed by atoms with Crippen LogP contribution in [0.15, 0.2) is 65.7 Å². The Hall–Kier alpha value is -2.74. The highest BCUT2D eigenvalue weighted by Crippen LogP contribution is 2.33. The highest BCUT2D eigenvalue weighted by Gasteiger charge is 2.33. The van der Waals surface area contributed by atoms with Crippen LogP contribution in [0.1, 0.15) is 5.56 Å². The number of hydrogen-bond donors (Lipinski definition) is 2. The van der Waals surface area contributed by atoms with Gasteiger partial charge in [0.25, 0.3) is 0 Å². The van der Waals surface area contributed by atoms with E-state index in [-0.39, 0.29) is 30.6 Å². The van der Waals surface area contributed by atoms with E-state index >= 15 is 0 Å². The molecule has 0 atom stereocenters. The number of benzene rings is 2. The van der Waals surface area contributed by atoms with E-state index in [1.165, 1.54) is 24.0 Å². The number of nitrogens with zero attached hydrogens (tertiary/aromatic N) is 1. The lowest BCUT2D eigenvalue weighted by Gasteiger charge is -2.13. The minimum absolute atomic E-state index is 0.145. The summed E-state index contributed by atoms with van der Waals surface area (Å²) < 4.78 is 38.7. The van der Waals surface area contributed by atoms with Gasteiger partial charge in [-0.2, -0.15) is 13.2 Å². The molecule has 0 saturated heterocycles. The van der Waals surface area contributed by atoms with Gasteiger partial charge in [0.2, 0.25) is 5.91 Å². The molecule has 1 aromatic heterocycles. The van der Waals surface area contributed by atoms with Gasteiger partial charge < -0.3 is 10.6 Å². The summed E-state index contributed by atoms with van der Waals surface area (Å²) in [7, 11) is 0. The van der Waals surface area contributed by atoms with Gasteiger partial charge in [-0.25, -0.2) is 4.98 Å². The molecule has 8 heteroatoms. The number of thioether (sulfide) groups is 1. The van der Waals surface area contributed by atoms with E-state index < -0.39 is 11.7 Å². The van der Waals surface area contributed by atoms with Gasteiger partial charge in [-0.1, -0.05) is 30.3 Å². The first-order valence-corrected chi connectivity index (χ1v) is 9.56. The van der Waals surface area contributed by atoms with Crippen LogP contribution < -0.4 is 10.6 Å². The van der Waals surface area contributed by atoms with Crippen LogP contribution in [-0.2, 0) is 11.0 Å². The van der Waals surface area contributed by atoms with Gasteiger partial charge >= 0.3 is 6.18 Å². The average Bonchev–Trinajstić information content (AvgIpc) is 2.69. The van der Waals surface area contributed by atoms with Crippen molar-refractivity contribution >= 4 is 34.3 Å². The first-order valence-electron chi connectivity index (χ1n) is 8.58. The minimum Gasteiger partial charge on any atom is -0.368 e. The Labute approximate surface area is 164 Å². The van der Waals surface area contributed by atoms with E-state index in [0.29, 0.717) is 0 Å². The maximum Gasteiger partial charge on any atom is 0.419 e. The van der Waals surface area contributed by atoms with Crippen molar-refractivity contribution in [2.24, 2.45) is 0 Å². The SMILES string of the molecule is O=C(CSc1ccc2ccccc2c1)NCCNc1ncccc1C(F)(F)F. The molecule has 0 radical (unpaired) electrons. The molecule has 28 heavy (non-hydrogen) atoms. The molecule has 0 unspecified atom stereocenters. The van der Waals surface area contributed by atoms with Crippen LogP contribution in [0.4, 0.5) is 19.0 Å². The molecule has 146 valence electrons. The van der Waals surface area contributed by atoms with Crippen molar-refractivity contribution in [1.29, 1.82) is 0 Å². The third-order valence-corrected chi connectivity index (χ3v) is 4.94. The van der Waals surface area contributed by atoms with E-state index in [1.54, 1.807) is 0 Å². The summed E-state index contributed by atoms with van der Waals surface area (Å²) in [6, 6.07) is 16.2.